The van der Waals surface area contributed by atoms with Crippen LogP contribution >= 0.6 is 0 Å². The highest BCUT2D eigenvalue weighted by molar-refractivity contribution is 5.91. The summed E-state index contributed by atoms with van der Waals surface area (Å²) in [5.41, 5.74) is -0.0286. The van der Waals surface area contributed by atoms with Crippen LogP contribution in [0.25, 0.3) is 0 Å². The number of amides is 2. The number of carbonyl (C=O) groups is 2. The van der Waals surface area contributed by atoms with Gasteiger partial charge in [0.15, 0.2) is 5.76 Å². The minimum Gasteiger partial charge on any atom is -0.459 e. The molecule has 1 fully saturated rings. The Balaban J connectivity index is 1.62. The summed E-state index contributed by atoms with van der Waals surface area (Å²) in [5.74, 6) is 0.0491. The highest BCUT2D eigenvalue weighted by atomic mass is 16.5. The Morgan fingerprint density at radius 3 is 2.83 bits per heavy atom. The van der Waals surface area contributed by atoms with E-state index in [9.17, 15) is 9.59 Å². The van der Waals surface area contributed by atoms with Gasteiger partial charge in [-0.3, -0.25) is 9.59 Å². The molecule has 2 amide bonds. The van der Waals surface area contributed by atoms with E-state index in [-0.39, 0.29) is 35.1 Å². The maximum absolute atomic E-state index is 12.0. The largest absolute Gasteiger partial charge is 0.459 e. The third kappa shape index (κ3) is 4.34. The molecule has 1 aliphatic carbocycles. The first-order valence-electron chi connectivity index (χ1n) is 8.17. The van der Waals surface area contributed by atoms with Crippen molar-refractivity contribution in [2.45, 2.75) is 52.2 Å². The van der Waals surface area contributed by atoms with Crippen LogP contribution in [0.5, 0.6) is 0 Å². The van der Waals surface area contributed by atoms with E-state index in [1.54, 1.807) is 12.1 Å². The van der Waals surface area contributed by atoms with E-state index in [1.807, 2.05) is 6.92 Å². The van der Waals surface area contributed by atoms with Crippen LogP contribution in [0.3, 0.4) is 0 Å². The first kappa shape index (κ1) is 17.5. The van der Waals surface area contributed by atoms with E-state index in [4.69, 9.17) is 9.15 Å². The summed E-state index contributed by atoms with van der Waals surface area (Å²) in [4.78, 5) is 23.6. The molecular weight excluding hydrogens is 296 g/mol. The van der Waals surface area contributed by atoms with Gasteiger partial charge < -0.3 is 19.8 Å². The molecule has 2 rings (SSSR count). The van der Waals surface area contributed by atoms with Gasteiger partial charge in [-0.2, -0.15) is 0 Å². The predicted molar refractivity (Wildman–Crippen MR) is 86.0 cm³/mol. The van der Waals surface area contributed by atoms with Gasteiger partial charge in [0.1, 0.15) is 0 Å². The SMILES string of the molecule is CCO[C@H]1C[C@@H](NC(=O)CCCNC(=O)c2ccco2)C1(C)C. The van der Waals surface area contributed by atoms with Gasteiger partial charge in [-0.1, -0.05) is 13.8 Å². The minimum absolute atomic E-state index is 0.0188. The zero-order valence-electron chi connectivity index (χ0n) is 14.1. The van der Waals surface area contributed by atoms with Crippen molar-refractivity contribution in [3.8, 4) is 0 Å². The molecule has 1 saturated carbocycles. The fourth-order valence-electron chi connectivity index (χ4n) is 2.83. The number of hydrogen-bond donors (Lipinski definition) is 2. The fourth-order valence-corrected chi connectivity index (χ4v) is 2.83. The number of furan rings is 1. The Kier molecular flexibility index (Phi) is 5.82. The van der Waals surface area contributed by atoms with Crippen molar-refractivity contribution in [3.63, 3.8) is 0 Å². The third-order valence-corrected chi connectivity index (χ3v) is 4.49. The summed E-state index contributed by atoms with van der Waals surface area (Å²) in [6.45, 7) is 7.36. The zero-order valence-corrected chi connectivity index (χ0v) is 14.1. The van der Waals surface area contributed by atoms with Crippen LogP contribution in [0.15, 0.2) is 22.8 Å². The van der Waals surface area contributed by atoms with Gasteiger partial charge in [0.05, 0.1) is 12.4 Å². The van der Waals surface area contributed by atoms with Gasteiger partial charge in [-0.15, -0.1) is 0 Å². The van der Waals surface area contributed by atoms with E-state index < -0.39 is 0 Å². The monoisotopic (exact) mass is 322 g/mol. The maximum atomic E-state index is 12.0. The van der Waals surface area contributed by atoms with E-state index in [2.05, 4.69) is 24.5 Å². The number of nitrogens with one attached hydrogen (secondary N) is 2. The van der Waals surface area contributed by atoms with E-state index in [0.717, 1.165) is 6.42 Å². The Hall–Kier alpha value is -1.82. The van der Waals surface area contributed by atoms with Crippen molar-refractivity contribution < 1.29 is 18.7 Å². The summed E-state index contributed by atoms with van der Waals surface area (Å²) in [7, 11) is 0. The second kappa shape index (κ2) is 7.64. The van der Waals surface area contributed by atoms with Crippen LogP contribution in [0.4, 0.5) is 0 Å². The third-order valence-electron chi connectivity index (χ3n) is 4.49. The average molecular weight is 322 g/mol. The normalized spacial score (nSPS) is 22.2. The molecule has 1 aromatic rings. The molecule has 0 saturated heterocycles. The first-order valence-corrected chi connectivity index (χ1v) is 8.17. The van der Waals surface area contributed by atoms with Crippen molar-refractivity contribution in [3.05, 3.63) is 24.2 Å². The van der Waals surface area contributed by atoms with Crippen LogP contribution < -0.4 is 10.6 Å². The van der Waals surface area contributed by atoms with Crippen LogP contribution in [0.1, 0.15) is 50.6 Å². The molecule has 6 heteroatoms. The second-order valence-electron chi connectivity index (χ2n) is 6.46. The molecule has 0 aromatic carbocycles. The summed E-state index contributed by atoms with van der Waals surface area (Å²) in [5, 5.41) is 5.79. The number of hydrogen-bond acceptors (Lipinski definition) is 4. The Labute approximate surface area is 137 Å². The molecule has 1 aromatic heterocycles. The van der Waals surface area contributed by atoms with E-state index in [0.29, 0.717) is 26.0 Å². The van der Waals surface area contributed by atoms with Crippen molar-refractivity contribution in [2.24, 2.45) is 5.41 Å². The van der Waals surface area contributed by atoms with Crippen molar-refractivity contribution in [2.75, 3.05) is 13.2 Å². The Bertz CT molecular complexity index is 525. The smallest absolute Gasteiger partial charge is 0.286 e. The molecule has 2 N–H and O–H groups in total. The maximum Gasteiger partial charge on any atom is 0.286 e. The lowest BCUT2D eigenvalue weighted by Gasteiger charge is -2.51. The molecule has 0 spiro atoms. The van der Waals surface area contributed by atoms with Gasteiger partial charge in [-0.05, 0) is 31.9 Å². The standard InChI is InChI=1S/C17H26N2O4/c1-4-22-14-11-13(17(14,2)3)19-15(20)8-5-9-18-16(21)12-7-6-10-23-12/h6-7,10,13-14H,4-5,8-9,11H2,1-3H3,(H,18,21)(H,19,20)/t13-,14+/m1/s1. The van der Waals surface area contributed by atoms with Gasteiger partial charge in [-0.25, -0.2) is 0 Å². The van der Waals surface area contributed by atoms with Gasteiger partial charge in [0.2, 0.25) is 5.91 Å². The topological polar surface area (TPSA) is 80.6 Å². The van der Waals surface area contributed by atoms with Crippen LogP contribution in [0, 0.1) is 5.41 Å². The molecule has 0 unspecified atom stereocenters. The quantitative estimate of drug-likeness (QED) is 0.718. The molecule has 23 heavy (non-hydrogen) atoms. The lowest BCUT2D eigenvalue weighted by atomic mass is 9.64. The van der Waals surface area contributed by atoms with Gasteiger partial charge >= 0.3 is 0 Å². The molecule has 1 aliphatic rings. The van der Waals surface area contributed by atoms with Crippen LogP contribution in [0.2, 0.25) is 0 Å². The average Bonchev–Trinajstić information content (AvgIpc) is 3.05. The van der Waals surface area contributed by atoms with Crippen LogP contribution in [-0.4, -0.2) is 37.1 Å². The molecule has 0 aliphatic heterocycles. The van der Waals surface area contributed by atoms with Gasteiger partial charge in [0, 0.05) is 31.0 Å². The van der Waals surface area contributed by atoms with Crippen molar-refractivity contribution in [1.82, 2.24) is 10.6 Å². The predicted octanol–water partition coefficient (Wildman–Crippen LogP) is 2.11. The van der Waals surface area contributed by atoms with Crippen molar-refractivity contribution >= 4 is 11.8 Å². The summed E-state index contributed by atoms with van der Waals surface area (Å²) >= 11 is 0. The fraction of sp³-hybridized carbons (Fsp3) is 0.647. The second-order valence-corrected chi connectivity index (χ2v) is 6.46. The van der Waals surface area contributed by atoms with Gasteiger partial charge in [0.25, 0.3) is 5.91 Å². The van der Waals surface area contributed by atoms with Crippen molar-refractivity contribution in [1.29, 1.82) is 0 Å². The minimum atomic E-state index is -0.255. The number of carbonyl (C=O) groups excluding carboxylic acids is 2. The molecule has 128 valence electrons. The molecule has 0 radical (unpaired) electrons. The first-order chi connectivity index (χ1) is 10.9. The Morgan fingerprint density at radius 2 is 2.22 bits per heavy atom. The molecule has 2 atom stereocenters. The molecule has 6 nitrogen and oxygen atoms in total. The van der Waals surface area contributed by atoms with E-state index >= 15 is 0 Å². The van der Waals surface area contributed by atoms with E-state index in [1.165, 1.54) is 6.26 Å². The molecule has 1 heterocycles. The summed E-state index contributed by atoms with van der Waals surface area (Å²) < 4.78 is 10.7. The highest BCUT2D eigenvalue weighted by Gasteiger charge is 2.49. The summed E-state index contributed by atoms with van der Waals surface area (Å²) in [6.07, 6.45) is 3.52. The molecular formula is C17H26N2O4. The molecule has 0 bridgehead atoms. The number of ether oxygens (including phenoxy) is 1. The highest BCUT2D eigenvalue weighted by Crippen LogP contribution is 2.42. The van der Waals surface area contributed by atoms with Crippen LogP contribution in [-0.2, 0) is 9.53 Å². The summed E-state index contributed by atoms with van der Waals surface area (Å²) in [6, 6.07) is 3.43. The lowest BCUT2D eigenvalue weighted by Crippen LogP contribution is -2.62. The number of rotatable bonds is 8. The Morgan fingerprint density at radius 1 is 1.43 bits per heavy atom. The lowest BCUT2D eigenvalue weighted by molar-refractivity contribution is -0.136. The zero-order chi connectivity index (χ0) is 16.9.